The molecule has 1 aromatic rings. The van der Waals surface area contributed by atoms with Gasteiger partial charge in [-0.3, -0.25) is 4.79 Å². The number of amides is 1. The Morgan fingerprint density at radius 2 is 2.24 bits per heavy atom. The topological polar surface area (TPSA) is 55.4 Å². The molecule has 1 rings (SSSR count). The van der Waals surface area contributed by atoms with E-state index in [0.29, 0.717) is 5.69 Å². The smallest absolute Gasteiger partial charge is 0.330 e. The first-order valence-electron chi connectivity index (χ1n) is 4.96. The summed E-state index contributed by atoms with van der Waals surface area (Å²) < 4.78 is 17.4. The summed E-state index contributed by atoms with van der Waals surface area (Å²) in [5.41, 5.74) is 0.317. The Labute approximate surface area is 98.1 Å². The van der Waals surface area contributed by atoms with E-state index in [9.17, 15) is 14.0 Å². The minimum atomic E-state index is -0.595. The van der Waals surface area contributed by atoms with Gasteiger partial charge in [-0.05, 0) is 25.1 Å². The molecule has 0 fully saturated rings. The van der Waals surface area contributed by atoms with Crippen LogP contribution in [0.2, 0.25) is 0 Å². The second-order valence-corrected chi connectivity index (χ2v) is 3.17. The van der Waals surface area contributed by atoms with Crippen molar-refractivity contribution >= 4 is 17.6 Å². The predicted molar refractivity (Wildman–Crippen MR) is 60.8 cm³/mol. The molecular formula is C12H12FNO3. The number of ether oxygens (including phenoxy) is 1. The zero-order valence-electron chi connectivity index (χ0n) is 9.27. The van der Waals surface area contributed by atoms with Crippen LogP contribution in [-0.2, 0) is 14.3 Å². The molecule has 0 spiro atoms. The van der Waals surface area contributed by atoms with Gasteiger partial charge in [-0.1, -0.05) is 12.1 Å². The summed E-state index contributed by atoms with van der Waals surface area (Å²) in [5.74, 6) is -1.57. The maximum absolute atomic E-state index is 12.8. The Morgan fingerprint density at radius 3 is 2.88 bits per heavy atom. The lowest BCUT2D eigenvalue weighted by atomic mass is 10.3. The molecule has 0 saturated carbocycles. The number of anilines is 1. The molecule has 17 heavy (non-hydrogen) atoms. The number of hydrogen-bond donors (Lipinski definition) is 1. The molecular weight excluding hydrogens is 225 g/mol. The van der Waals surface area contributed by atoms with Crippen molar-refractivity contribution in [2.24, 2.45) is 0 Å². The standard InChI is InChI=1S/C12H12FNO3/c1-2-4-12(16)17-8-11(15)14-10-6-3-5-9(13)7-10/h2-7H,8H2,1H3,(H,14,15)/b4-2+. The molecule has 0 aromatic heterocycles. The van der Waals surface area contributed by atoms with Gasteiger partial charge in [-0.25, -0.2) is 9.18 Å². The van der Waals surface area contributed by atoms with Gasteiger partial charge < -0.3 is 10.1 Å². The highest BCUT2D eigenvalue weighted by Crippen LogP contribution is 2.08. The van der Waals surface area contributed by atoms with Crippen LogP contribution >= 0.6 is 0 Å². The second-order valence-electron chi connectivity index (χ2n) is 3.17. The molecule has 1 aromatic carbocycles. The summed E-state index contributed by atoms with van der Waals surface area (Å²) in [7, 11) is 0. The van der Waals surface area contributed by atoms with Crippen molar-refractivity contribution < 1.29 is 18.7 Å². The number of carbonyl (C=O) groups is 2. The van der Waals surface area contributed by atoms with Crippen LogP contribution in [0.5, 0.6) is 0 Å². The third-order valence-electron chi connectivity index (χ3n) is 1.76. The normalized spacial score (nSPS) is 10.2. The first-order valence-corrected chi connectivity index (χ1v) is 4.96. The lowest BCUT2D eigenvalue weighted by molar-refractivity contribution is -0.142. The van der Waals surface area contributed by atoms with Crippen molar-refractivity contribution in [3.05, 3.63) is 42.2 Å². The summed E-state index contributed by atoms with van der Waals surface area (Å²) in [6, 6.07) is 5.44. The molecule has 0 unspecified atom stereocenters. The Bertz CT molecular complexity index is 443. The van der Waals surface area contributed by atoms with E-state index < -0.39 is 24.3 Å². The number of allylic oxidation sites excluding steroid dienone is 1. The molecule has 0 radical (unpaired) electrons. The van der Waals surface area contributed by atoms with E-state index in [1.54, 1.807) is 6.92 Å². The number of rotatable bonds is 4. The molecule has 0 aliphatic carbocycles. The maximum atomic E-state index is 12.8. The van der Waals surface area contributed by atoms with Crippen molar-refractivity contribution in [1.29, 1.82) is 0 Å². The van der Waals surface area contributed by atoms with Crippen LogP contribution in [0.15, 0.2) is 36.4 Å². The van der Waals surface area contributed by atoms with E-state index in [-0.39, 0.29) is 0 Å². The molecule has 1 amide bonds. The van der Waals surface area contributed by atoms with Crippen LogP contribution in [0.3, 0.4) is 0 Å². The van der Waals surface area contributed by atoms with Crippen molar-refractivity contribution in [3.63, 3.8) is 0 Å². The van der Waals surface area contributed by atoms with Gasteiger partial charge in [0.05, 0.1) is 0 Å². The van der Waals surface area contributed by atoms with Crippen molar-refractivity contribution in [1.82, 2.24) is 0 Å². The molecule has 90 valence electrons. The minimum Gasteiger partial charge on any atom is -0.452 e. The summed E-state index contributed by atoms with van der Waals surface area (Å²) in [6.07, 6.45) is 2.71. The quantitative estimate of drug-likeness (QED) is 0.642. The van der Waals surface area contributed by atoms with Gasteiger partial charge in [-0.15, -0.1) is 0 Å². The maximum Gasteiger partial charge on any atom is 0.330 e. The van der Waals surface area contributed by atoms with Crippen LogP contribution in [-0.4, -0.2) is 18.5 Å². The highest BCUT2D eigenvalue weighted by molar-refractivity contribution is 5.93. The zero-order valence-corrected chi connectivity index (χ0v) is 9.27. The van der Waals surface area contributed by atoms with E-state index in [1.807, 2.05) is 0 Å². The highest BCUT2D eigenvalue weighted by atomic mass is 19.1. The van der Waals surface area contributed by atoms with Crippen molar-refractivity contribution in [2.75, 3.05) is 11.9 Å². The Balaban J connectivity index is 2.42. The number of halogens is 1. The monoisotopic (exact) mass is 237 g/mol. The molecule has 0 saturated heterocycles. The lowest BCUT2D eigenvalue weighted by Gasteiger charge is -2.05. The van der Waals surface area contributed by atoms with E-state index in [0.717, 1.165) is 0 Å². The van der Waals surface area contributed by atoms with Gasteiger partial charge >= 0.3 is 5.97 Å². The summed E-state index contributed by atoms with van der Waals surface area (Å²) in [5, 5.41) is 2.40. The second kappa shape index (κ2) is 6.42. The van der Waals surface area contributed by atoms with Crippen LogP contribution in [0.25, 0.3) is 0 Å². The van der Waals surface area contributed by atoms with Crippen molar-refractivity contribution in [2.45, 2.75) is 6.92 Å². The fourth-order valence-electron chi connectivity index (χ4n) is 1.08. The van der Waals surface area contributed by atoms with Gasteiger partial charge in [0.25, 0.3) is 5.91 Å². The third kappa shape index (κ3) is 4.92. The number of nitrogens with one attached hydrogen (secondary N) is 1. The van der Waals surface area contributed by atoms with Crippen LogP contribution < -0.4 is 5.32 Å². The van der Waals surface area contributed by atoms with E-state index in [1.165, 1.54) is 36.4 Å². The SMILES string of the molecule is C/C=C/C(=O)OCC(=O)Nc1cccc(F)c1. The van der Waals surface area contributed by atoms with Gasteiger partial charge in [0, 0.05) is 11.8 Å². The molecule has 0 aliphatic heterocycles. The van der Waals surface area contributed by atoms with Gasteiger partial charge in [-0.2, -0.15) is 0 Å². The van der Waals surface area contributed by atoms with Gasteiger partial charge in [0.2, 0.25) is 0 Å². The van der Waals surface area contributed by atoms with Crippen LogP contribution in [0.1, 0.15) is 6.92 Å². The Kier molecular flexibility index (Phi) is 4.87. The molecule has 0 bridgehead atoms. The minimum absolute atomic E-state index is 0.317. The number of hydrogen-bond acceptors (Lipinski definition) is 3. The third-order valence-corrected chi connectivity index (χ3v) is 1.76. The number of carbonyl (C=O) groups excluding carboxylic acids is 2. The molecule has 0 heterocycles. The molecule has 5 heteroatoms. The Hall–Kier alpha value is -2.17. The largest absolute Gasteiger partial charge is 0.452 e. The fraction of sp³-hybridized carbons (Fsp3) is 0.167. The average molecular weight is 237 g/mol. The van der Waals surface area contributed by atoms with Crippen LogP contribution in [0.4, 0.5) is 10.1 Å². The summed E-state index contributed by atoms with van der Waals surface area (Å²) in [6.45, 7) is 1.26. The average Bonchev–Trinajstić information content (AvgIpc) is 2.27. The van der Waals surface area contributed by atoms with Gasteiger partial charge in [0.15, 0.2) is 6.61 Å². The first kappa shape index (κ1) is 12.9. The fourth-order valence-corrected chi connectivity index (χ4v) is 1.08. The zero-order chi connectivity index (χ0) is 12.7. The molecule has 0 atom stereocenters. The molecule has 1 N–H and O–H groups in total. The lowest BCUT2D eigenvalue weighted by Crippen LogP contribution is -2.20. The summed E-state index contributed by atoms with van der Waals surface area (Å²) in [4.78, 5) is 22.2. The Morgan fingerprint density at radius 1 is 1.47 bits per heavy atom. The van der Waals surface area contributed by atoms with E-state index in [4.69, 9.17) is 0 Å². The summed E-state index contributed by atoms with van der Waals surface area (Å²) >= 11 is 0. The highest BCUT2D eigenvalue weighted by Gasteiger charge is 2.05. The molecule has 4 nitrogen and oxygen atoms in total. The number of benzene rings is 1. The van der Waals surface area contributed by atoms with E-state index in [2.05, 4.69) is 10.1 Å². The van der Waals surface area contributed by atoms with Gasteiger partial charge in [0.1, 0.15) is 5.82 Å². The molecule has 0 aliphatic rings. The van der Waals surface area contributed by atoms with E-state index >= 15 is 0 Å². The van der Waals surface area contributed by atoms with Crippen LogP contribution in [0, 0.1) is 5.82 Å². The number of esters is 1. The predicted octanol–water partition coefficient (Wildman–Crippen LogP) is 1.88. The first-order chi connectivity index (χ1) is 8.11. The van der Waals surface area contributed by atoms with Crippen molar-refractivity contribution in [3.8, 4) is 0 Å².